The van der Waals surface area contributed by atoms with Crippen LogP contribution in [-0.4, -0.2) is 95.2 Å². The number of carbonyl (C=O) groups is 4. The molecule has 0 fully saturated rings. The van der Waals surface area contributed by atoms with Crippen molar-refractivity contribution in [2.45, 2.75) is 56.3 Å². The lowest BCUT2D eigenvalue weighted by molar-refractivity contribution is -0.143. The van der Waals surface area contributed by atoms with Gasteiger partial charge in [-0.2, -0.15) is 23.5 Å². The van der Waals surface area contributed by atoms with Crippen molar-refractivity contribution in [3.8, 4) is 0 Å². The first-order chi connectivity index (χ1) is 15.2. The Balaban J connectivity index is 5.31. The van der Waals surface area contributed by atoms with Crippen molar-refractivity contribution in [2.24, 2.45) is 11.5 Å². The molecule has 3 amide bonds. The number of hydrogen-bond acceptors (Lipinski definition) is 9. The Kier molecular flexibility index (Phi) is 17.1. The first-order valence-electron chi connectivity index (χ1n) is 10.4. The molecule has 11 nitrogen and oxygen atoms in total. The molecule has 0 saturated heterocycles. The number of unbranched alkanes of at least 4 members (excludes halogenated alkanes) is 1. The topological polar surface area (TPSA) is 197 Å². The zero-order valence-corrected chi connectivity index (χ0v) is 20.3. The fraction of sp³-hybridized carbons (Fsp3) is 0.789. The molecule has 4 unspecified atom stereocenters. The van der Waals surface area contributed by atoms with Gasteiger partial charge in [0.2, 0.25) is 17.7 Å². The number of thioether (sulfide) groups is 2. The normalized spacial score (nSPS) is 14.7. The lowest BCUT2D eigenvalue weighted by atomic mass is 10.1. The quantitative estimate of drug-likeness (QED) is 0.110. The van der Waals surface area contributed by atoms with E-state index in [9.17, 15) is 19.2 Å². The number of carboxylic acids is 1. The molecule has 0 aromatic heterocycles. The van der Waals surface area contributed by atoms with Crippen LogP contribution in [0.3, 0.4) is 0 Å². The van der Waals surface area contributed by atoms with Gasteiger partial charge in [0.25, 0.3) is 0 Å². The Bertz CT molecular complexity index is 599. The minimum absolute atomic E-state index is 0.243. The summed E-state index contributed by atoms with van der Waals surface area (Å²) in [7, 11) is 0. The van der Waals surface area contributed by atoms with Crippen LogP contribution in [0.5, 0.6) is 0 Å². The van der Waals surface area contributed by atoms with E-state index < -0.39 is 54.5 Å². The van der Waals surface area contributed by atoms with E-state index in [1.807, 2.05) is 12.5 Å². The maximum absolute atomic E-state index is 12.9. The third-order valence-electron chi connectivity index (χ3n) is 4.59. The molecule has 9 N–H and O–H groups in total. The van der Waals surface area contributed by atoms with Crippen molar-refractivity contribution in [1.82, 2.24) is 16.0 Å². The van der Waals surface area contributed by atoms with Gasteiger partial charge in [-0.05, 0) is 62.7 Å². The molecule has 0 aromatic rings. The second-order valence-corrected chi connectivity index (χ2v) is 9.13. The van der Waals surface area contributed by atoms with E-state index in [1.165, 1.54) is 11.8 Å². The van der Waals surface area contributed by atoms with Gasteiger partial charge in [-0.1, -0.05) is 0 Å². The fourth-order valence-corrected chi connectivity index (χ4v) is 3.61. The summed E-state index contributed by atoms with van der Waals surface area (Å²) in [5, 5.41) is 25.7. The van der Waals surface area contributed by atoms with Crippen molar-refractivity contribution in [3.05, 3.63) is 0 Å². The first-order valence-corrected chi connectivity index (χ1v) is 13.2. The Morgan fingerprint density at radius 3 is 1.81 bits per heavy atom. The van der Waals surface area contributed by atoms with Crippen molar-refractivity contribution in [2.75, 3.05) is 37.2 Å². The summed E-state index contributed by atoms with van der Waals surface area (Å²) >= 11 is 3.01. The van der Waals surface area contributed by atoms with Crippen LogP contribution in [0.15, 0.2) is 0 Å². The zero-order chi connectivity index (χ0) is 24.5. The monoisotopic (exact) mass is 495 g/mol. The molecule has 32 heavy (non-hydrogen) atoms. The van der Waals surface area contributed by atoms with Crippen molar-refractivity contribution < 1.29 is 29.4 Å². The Morgan fingerprint density at radius 2 is 1.31 bits per heavy atom. The summed E-state index contributed by atoms with van der Waals surface area (Å²) in [5.41, 5.74) is 11.4. The van der Waals surface area contributed by atoms with Gasteiger partial charge < -0.3 is 37.6 Å². The molecule has 0 saturated carbocycles. The fourth-order valence-electron chi connectivity index (χ4n) is 2.65. The van der Waals surface area contributed by atoms with Crippen LogP contribution >= 0.6 is 23.5 Å². The van der Waals surface area contributed by atoms with Gasteiger partial charge in [0, 0.05) is 0 Å². The maximum atomic E-state index is 12.9. The van der Waals surface area contributed by atoms with Gasteiger partial charge in [0.05, 0.1) is 12.6 Å². The highest BCUT2D eigenvalue weighted by molar-refractivity contribution is 7.98. The summed E-state index contributed by atoms with van der Waals surface area (Å²) in [4.78, 5) is 49.0. The van der Waals surface area contributed by atoms with Crippen LogP contribution in [0.1, 0.15) is 32.1 Å². The Hall–Kier alpha value is -1.54. The number of aliphatic hydroxyl groups excluding tert-OH is 1. The average molecular weight is 496 g/mol. The molecule has 0 bridgehead atoms. The highest BCUT2D eigenvalue weighted by atomic mass is 32.2. The number of rotatable bonds is 18. The maximum Gasteiger partial charge on any atom is 0.328 e. The number of nitrogens with one attached hydrogen (secondary N) is 3. The van der Waals surface area contributed by atoms with Crippen molar-refractivity contribution >= 4 is 47.2 Å². The van der Waals surface area contributed by atoms with Gasteiger partial charge in [0.1, 0.15) is 18.1 Å². The summed E-state index contributed by atoms with van der Waals surface area (Å²) in [6.45, 7) is -0.345. The minimum atomic E-state index is -1.48. The SMILES string of the molecule is CSCCC(N)C(=O)NC(CCCCN)C(=O)NC(CCSC)C(=O)NC(CO)C(=O)O. The molecule has 0 heterocycles. The van der Waals surface area contributed by atoms with Gasteiger partial charge in [-0.3, -0.25) is 14.4 Å². The number of carbonyl (C=O) groups excluding carboxylic acids is 3. The van der Waals surface area contributed by atoms with Crippen molar-refractivity contribution in [3.63, 3.8) is 0 Å². The number of aliphatic hydroxyl groups is 1. The summed E-state index contributed by atoms with van der Waals surface area (Å²) in [6.07, 6.45) is 5.99. The third kappa shape index (κ3) is 12.5. The average Bonchev–Trinajstić information content (AvgIpc) is 2.77. The van der Waals surface area contributed by atoms with E-state index in [1.54, 1.807) is 11.8 Å². The second-order valence-electron chi connectivity index (χ2n) is 7.16. The third-order valence-corrected chi connectivity index (χ3v) is 5.88. The number of aliphatic carboxylic acids is 1. The molecule has 0 radical (unpaired) electrons. The lowest BCUT2D eigenvalue weighted by Gasteiger charge is -2.25. The number of carboxylic acid groups (broad SMARTS) is 1. The second kappa shape index (κ2) is 18.0. The van der Waals surface area contributed by atoms with Crippen LogP contribution in [0.4, 0.5) is 0 Å². The summed E-state index contributed by atoms with van der Waals surface area (Å²) in [5.74, 6) is -1.91. The molecule has 0 aromatic carbocycles. The summed E-state index contributed by atoms with van der Waals surface area (Å²) < 4.78 is 0. The number of nitrogens with two attached hydrogens (primary N) is 2. The van der Waals surface area contributed by atoms with E-state index >= 15 is 0 Å². The minimum Gasteiger partial charge on any atom is -0.480 e. The van der Waals surface area contributed by atoms with Gasteiger partial charge in [-0.15, -0.1) is 0 Å². The van der Waals surface area contributed by atoms with Gasteiger partial charge in [-0.25, -0.2) is 4.79 Å². The van der Waals surface area contributed by atoms with Crippen molar-refractivity contribution in [1.29, 1.82) is 0 Å². The van der Waals surface area contributed by atoms with E-state index in [4.69, 9.17) is 21.7 Å². The Labute approximate surface area is 197 Å². The van der Waals surface area contributed by atoms with E-state index in [0.717, 1.165) is 0 Å². The molecule has 0 rings (SSSR count). The molecule has 0 aliphatic rings. The van der Waals surface area contributed by atoms with Crippen LogP contribution in [0, 0.1) is 0 Å². The standard InChI is InChI=1S/C19H37N5O6S2/c1-31-9-6-12(21)16(26)22-13(5-3-4-8-20)17(27)23-14(7-10-32-2)18(28)24-15(11-25)19(29)30/h12-15,25H,3-11,20-21H2,1-2H3,(H,22,26)(H,23,27)(H,24,28)(H,29,30). The first kappa shape index (κ1) is 30.5. The Morgan fingerprint density at radius 1 is 0.812 bits per heavy atom. The van der Waals surface area contributed by atoms with E-state index in [0.29, 0.717) is 43.7 Å². The smallest absolute Gasteiger partial charge is 0.328 e. The van der Waals surface area contributed by atoms with Crippen LogP contribution in [0.2, 0.25) is 0 Å². The highest BCUT2D eigenvalue weighted by Crippen LogP contribution is 2.07. The van der Waals surface area contributed by atoms with E-state index in [2.05, 4.69) is 16.0 Å². The van der Waals surface area contributed by atoms with E-state index in [-0.39, 0.29) is 6.42 Å². The number of hydrogen-bond donors (Lipinski definition) is 7. The molecular formula is C19H37N5O6S2. The molecule has 4 atom stereocenters. The van der Waals surface area contributed by atoms with Crippen LogP contribution < -0.4 is 27.4 Å². The largest absolute Gasteiger partial charge is 0.480 e. The highest BCUT2D eigenvalue weighted by Gasteiger charge is 2.29. The predicted molar refractivity (Wildman–Crippen MR) is 127 cm³/mol. The molecule has 13 heteroatoms. The van der Waals surface area contributed by atoms with Gasteiger partial charge >= 0.3 is 5.97 Å². The zero-order valence-electron chi connectivity index (χ0n) is 18.7. The van der Waals surface area contributed by atoms with Crippen LogP contribution in [-0.2, 0) is 19.2 Å². The molecule has 0 aliphatic carbocycles. The molecule has 186 valence electrons. The molecule has 0 aliphatic heterocycles. The van der Waals surface area contributed by atoms with Crippen LogP contribution in [0.25, 0.3) is 0 Å². The predicted octanol–water partition coefficient (Wildman–Crippen LogP) is -1.52. The molecular weight excluding hydrogens is 458 g/mol. The molecule has 0 spiro atoms. The number of amides is 3. The van der Waals surface area contributed by atoms with Gasteiger partial charge in [0.15, 0.2) is 0 Å². The summed E-state index contributed by atoms with van der Waals surface area (Å²) in [6, 6.07) is -4.18. The lowest BCUT2D eigenvalue weighted by Crippen LogP contribution is -2.57.